The summed E-state index contributed by atoms with van der Waals surface area (Å²) in [5.74, 6) is 1.56. The van der Waals surface area contributed by atoms with Crippen molar-refractivity contribution in [2.75, 3.05) is 0 Å². The van der Waals surface area contributed by atoms with E-state index in [1.165, 1.54) is 6.33 Å². The summed E-state index contributed by atoms with van der Waals surface area (Å²) >= 11 is 1.11. The lowest BCUT2D eigenvalue weighted by Crippen LogP contribution is -1.83. The Hall–Kier alpha value is -2.16. The Kier molecular flexibility index (Phi) is 1.75. The van der Waals surface area contributed by atoms with Crippen LogP contribution in [-0.2, 0) is 0 Å². The fraction of sp³-hybridized carbons (Fsp3) is 0. The molecule has 3 rings (SSSR count). The summed E-state index contributed by atoms with van der Waals surface area (Å²) in [4.78, 5) is 8.15. The van der Waals surface area contributed by atoms with Gasteiger partial charge >= 0.3 is 0 Å². The molecule has 0 bridgehead atoms. The van der Waals surface area contributed by atoms with E-state index in [9.17, 15) is 0 Å². The molecule has 8 nitrogen and oxygen atoms in total. The van der Waals surface area contributed by atoms with Crippen molar-refractivity contribution < 1.29 is 0 Å². The second kappa shape index (κ2) is 3.20. The molecule has 0 spiro atoms. The highest BCUT2D eigenvalue weighted by Gasteiger charge is 2.10. The standard InChI is InChI=1S/C6H4N8S/c1-3(14-15-9-1)4-10-6(13-12-4)5-7-2-8-11-5/h1-2H,(H,7,8,11)(H,10,12,13). The van der Waals surface area contributed by atoms with Gasteiger partial charge in [-0.1, -0.05) is 0 Å². The van der Waals surface area contributed by atoms with Gasteiger partial charge in [-0.25, -0.2) is 9.97 Å². The first-order chi connectivity index (χ1) is 7.43. The summed E-state index contributed by atoms with van der Waals surface area (Å²) in [6.07, 6.45) is 3.01. The quantitative estimate of drug-likeness (QED) is 0.634. The predicted octanol–water partition coefficient (Wildman–Crippen LogP) is 0.108. The van der Waals surface area contributed by atoms with Crippen LogP contribution < -0.4 is 0 Å². The maximum Gasteiger partial charge on any atom is 0.202 e. The van der Waals surface area contributed by atoms with E-state index in [1.807, 2.05) is 0 Å². The van der Waals surface area contributed by atoms with Crippen molar-refractivity contribution in [1.29, 1.82) is 0 Å². The van der Waals surface area contributed by atoms with Crippen molar-refractivity contribution in [2.45, 2.75) is 0 Å². The molecule has 3 aromatic heterocycles. The van der Waals surface area contributed by atoms with Gasteiger partial charge in [-0.15, -0.1) is 0 Å². The first-order valence-corrected chi connectivity index (χ1v) is 4.72. The molecule has 0 aromatic carbocycles. The predicted molar refractivity (Wildman–Crippen MR) is 50.7 cm³/mol. The Morgan fingerprint density at radius 1 is 1.20 bits per heavy atom. The van der Waals surface area contributed by atoms with E-state index >= 15 is 0 Å². The lowest BCUT2D eigenvalue weighted by atomic mass is 10.4. The largest absolute Gasteiger partial charge is 0.257 e. The Morgan fingerprint density at radius 2 is 2.20 bits per heavy atom. The fourth-order valence-electron chi connectivity index (χ4n) is 1.07. The Balaban J connectivity index is 2.02. The third kappa shape index (κ3) is 1.38. The van der Waals surface area contributed by atoms with Gasteiger partial charge in [0.2, 0.25) is 5.82 Å². The minimum absolute atomic E-state index is 0.496. The Morgan fingerprint density at radius 3 is 2.93 bits per heavy atom. The monoisotopic (exact) mass is 220 g/mol. The van der Waals surface area contributed by atoms with Gasteiger partial charge in [-0.3, -0.25) is 10.2 Å². The van der Waals surface area contributed by atoms with Crippen molar-refractivity contribution in [3.63, 3.8) is 0 Å². The third-order valence-electron chi connectivity index (χ3n) is 1.72. The molecule has 0 aliphatic carbocycles. The number of hydrogen-bond donors (Lipinski definition) is 2. The van der Waals surface area contributed by atoms with Crippen LogP contribution in [0, 0.1) is 0 Å². The number of rotatable bonds is 2. The van der Waals surface area contributed by atoms with E-state index in [-0.39, 0.29) is 0 Å². The van der Waals surface area contributed by atoms with Gasteiger partial charge in [0, 0.05) is 0 Å². The van der Waals surface area contributed by atoms with Gasteiger partial charge in [-0.05, 0) is 0 Å². The zero-order chi connectivity index (χ0) is 10.1. The molecule has 0 radical (unpaired) electrons. The Bertz CT molecular complexity index is 489. The summed E-state index contributed by atoms with van der Waals surface area (Å²) in [6.45, 7) is 0. The van der Waals surface area contributed by atoms with Crippen molar-refractivity contribution in [2.24, 2.45) is 0 Å². The first kappa shape index (κ1) is 8.17. The molecule has 0 saturated heterocycles. The van der Waals surface area contributed by atoms with Crippen LogP contribution in [0.1, 0.15) is 0 Å². The van der Waals surface area contributed by atoms with E-state index in [1.54, 1.807) is 6.20 Å². The zero-order valence-corrected chi connectivity index (χ0v) is 8.06. The highest BCUT2D eigenvalue weighted by atomic mass is 32.1. The topological polar surface area (TPSA) is 109 Å². The molecule has 3 aromatic rings. The molecule has 0 aliphatic rings. The number of hydrogen-bond acceptors (Lipinski definition) is 7. The second-order valence-corrected chi connectivity index (χ2v) is 3.19. The lowest BCUT2D eigenvalue weighted by Gasteiger charge is -1.83. The minimum atomic E-state index is 0.496. The first-order valence-electron chi connectivity index (χ1n) is 3.99. The third-order valence-corrected chi connectivity index (χ3v) is 2.19. The van der Waals surface area contributed by atoms with E-state index in [0.29, 0.717) is 23.2 Å². The number of nitrogens with zero attached hydrogens (tertiary/aromatic N) is 6. The lowest BCUT2D eigenvalue weighted by molar-refractivity contribution is 1.05. The van der Waals surface area contributed by atoms with Gasteiger partial charge < -0.3 is 0 Å². The SMILES string of the molecule is c1n[nH]c(-c2nc(-c3cnsn3)n[nH]2)n1. The van der Waals surface area contributed by atoms with Gasteiger partial charge in [0.05, 0.1) is 17.9 Å². The van der Waals surface area contributed by atoms with Crippen LogP contribution in [0.2, 0.25) is 0 Å². The molecule has 0 amide bonds. The Labute approximate surface area is 87.1 Å². The van der Waals surface area contributed by atoms with E-state index in [4.69, 9.17) is 0 Å². The van der Waals surface area contributed by atoms with Gasteiger partial charge in [-0.2, -0.15) is 18.9 Å². The van der Waals surface area contributed by atoms with E-state index in [2.05, 4.69) is 39.1 Å². The number of aromatic amines is 2. The van der Waals surface area contributed by atoms with Crippen molar-refractivity contribution in [3.8, 4) is 23.2 Å². The summed E-state index contributed by atoms with van der Waals surface area (Å²) in [5.41, 5.74) is 0.641. The van der Waals surface area contributed by atoms with Gasteiger partial charge in [0.1, 0.15) is 12.0 Å². The van der Waals surface area contributed by atoms with Crippen LogP contribution in [0.5, 0.6) is 0 Å². The highest BCUT2D eigenvalue weighted by Crippen LogP contribution is 2.14. The van der Waals surface area contributed by atoms with Crippen LogP contribution in [-0.4, -0.2) is 39.1 Å². The smallest absolute Gasteiger partial charge is 0.202 e. The molecule has 0 atom stereocenters. The molecular weight excluding hydrogens is 216 g/mol. The fourth-order valence-corrected chi connectivity index (χ4v) is 1.48. The van der Waals surface area contributed by atoms with Crippen LogP contribution in [0.4, 0.5) is 0 Å². The van der Waals surface area contributed by atoms with Crippen LogP contribution in [0.3, 0.4) is 0 Å². The average molecular weight is 220 g/mol. The molecule has 0 fully saturated rings. The van der Waals surface area contributed by atoms with Crippen LogP contribution in [0.15, 0.2) is 12.5 Å². The molecule has 3 heterocycles. The molecule has 0 unspecified atom stereocenters. The molecule has 74 valence electrons. The van der Waals surface area contributed by atoms with Crippen molar-refractivity contribution in [1.82, 2.24) is 39.1 Å². The zero-order valence-electron chi connectivity index (χ0n) is 7.25. The van der Waals surface area contributed by atoms with Gasteiger partial charge in [0.15, 0.2) is 11.6 Å². The minimum Gasteiger partial charge on any atom is -0.257 e. The molecule has 9 heteroatoms. The van der Waals surface area contributed by atoms with Crippen LogP contribution in [0.25, 0.3) is 23.2 Å². The van der Waals surface area contributed by atoms with Crippen molar-refractivity contribution in [3.05, 3.63) is 12.5 Å². The molecule has 15 heavy (non-hydrogen) atoms. The summed E-state index contributed by atoms with van der Waals surface area (Å²) in [6, 6.07) is 0. The number of nitrogens with one attached hydrogen (secondary N) is 2. The maximum absolute atomic E-state index is 4.20. The van der Waals surface area contributed by atoms with Crippen LogP contribution >= 0.6 is 11.7 Å². The summed E-state index contributed by atoms with van der Waals surface area (Å²) < 4.78 is 7.89. The molecule has 0 saturated carbocycles. The molecule has 2 N–H and O–H groups in total. The maximum atomic E-state index is 4.20. The second-order valence-electron chi connectivity index (χ2n) is 2.63. The highest BCUT2D eigenvalue weighted by molar-refractivity contribution is 6.99. The summed E-state index contributed by atoms with van der Waals surface area (Å²) in [5, 5.41) is 13.1. The number of aromatic nitrogens is 8. The van der Waals surface area contributed by atoms with Gasteiger partial charge in [0.25, 0.3) is 0 Å². The van der Waals surface area contributed by atoms with E-state index in [0.717, 1.165) is 11.7 Å². The molecule has 0 aliphatic heterocycles. The summed E-state index contributed by atoms with van der Waals surface area (Å²) in [7, 11) is 0. The molecular formula is C6H4N8S. The average Bonchev–Trinajstić information content (AvgIpc) is 3.02. The van der Waals surface area contributed by atoms with E-state index < -0.39 is 0 Å². The van der Waals surface area contributed by atoms with Crippen molar-refractivity contribution >= 4 is 11.7 Å². The number of H-pyrrole nitrogens is 2. The normalized spacial score (nSPS) is 10.7.